The Kier molecular flexibility index (Phi) is 4.62. The third-order valence-electron chi connectivity index (χ3n) is 4.20. The van der Waals surface area contributed by atoms with Crippen molar-refractivity contribution in [1.29, 1.82) is 0 Å². The lowest BCUT2D eigenvalue weighted by Gasteiger charge is -2.44. The van der Waals surface area contributed by atoms with Gasteiger partial charge in [-0.1, -0.05) is 6.42 Å². The van der Waals surface area contributed by atoms with Crippen LogP contribution in [0.5, 0.6) is 0 Å². The van der Waals surface area contributed by atoms with E-state index >= 15 is 0 Å². The maximum absolute atomic E-state index is 11.9. The normalized spacial score (nSPS) is 37.4. The van der Waals surface area contributed by atoms with Gasteiger partial charge in [0, 0.05) is 26.1 Å². The zero-order valence-corrected chi connectivity index (χ0v) is 11.0. The van der Waals surface area contributed by atoms with E-state index in [4.69, 9.17) is 5.73 Å². The smallest absolute Gasteiger partial charge is 0.225 e. The molecule has 2 aliphatic carbocycles. The van der Waals surface area contributed by atoms with E-state index in [1.807, 2.05) is 14.1 Å². The molecule has 3 nitrogen and oxygen atoms in total. The number of carbonyl (C=O) groups is 1. The van der Waals surface area contributed by atoms with Crippen molar-refractivity contribution in [3.8, 4) is 0 Å². The molecule has 94 valence electrons. The monoisotopic (exact) mass is 246 g/mol. The summed E-state index contributed by atoms with van der Waals surface area (Å²) in [6.45, 7) is 0. The number of halogens is 1. The molecule has 2 N–H and O–H groups in total. The highest BCUT2D eigenvalue weighted by Gasteiger charge is 2.40. The summed E-state index contributed by atoms with van der Waals surface area (Å²) in [6, 6.07) is 0.366. The molecule has 2 aliphatic rings. The lowest BCUT2D eigenvalue weighted by atomic mass is 9.65. The van der Waals surface area contributed by atoms with Crippen LogP contribution >= 0.6 is 12.4 Å². The quantitative estimate of drug-likeness (QED) is 0.765. The van der Waals surface area contributed by atoms with Crippen LogP contribution < -0.4 is 5.73 Å². The molecule has 0 spiro atoms. The molecule has 2 atom stereocenters. The minimum absolute atomic E-state index is 0. The van der Waals surface area contributed by atoms with Crippen LogP contribution in [-0.2, 0) is 4.79 Å². The predicted molar refractivity (Wildman–Crippen MR) is 67.5 cm³/mol. The Morgan fingerprint density at radius 2 is 1.69 bits per heavy atom. The molecule has 0 aromatic carbocycles. The van der Waals surface area contributed by atoms with Crippen molar-refractivity contribution in [2.45, 2.75) is 38.1 Å². The molecule has 1 amide bonds. The SMILES string of the molecule is CN(C)C(=O)C1CC2CCCC(C1)C2N.Cl. The molecule has 2 fully saturated rings. The Bertz CT molecular complexity index is 243. The molecule has 2 unspecified atom stereocenters. The van der Waals surface area contributed by atoms with Gasteiger partial charge in [-0.2, -0.15) is 0 Å². The molecule has 0 aromatic heterocycles. The van der Waals surface area contributed by atoms with Crippen molar-refractivity contribution in [2.24, 2.45) is 23.5 Å². The maximum Gasteiger partial charge on any atom is 0.225 e. The second kappa shape index (κ2) is 5.37. The molecule has 0 heterocycles. The minimum atomic E-state index is 0. The van der Waals surface area contributed by atoms with Crippen LogP contribution in [0, 0.1) is 17.8 Å². The first-order valence-electron chi connectivity index (χ1n) is 6.06. The van der Waals surface area contributed by atoms with E-state index in [-0.39, 0.29) is 18.3 Å². The Morgan fingerprint density at radius 3 is 2.12 bits per heavy atom. The van der Waals surface area contributed by atoms with Gasteiger partial charge in [0.1, 0.15) is 0 Å². The van der Waals surface area contributed by atoms with Gasteiger partial charge in [0.15, 0.2) is 0 Å². The van der Waals surface area contributed by atoms with Gasteiger partial charge in [0.05, 0.1) is 0 Å². The van der Waals surface area contributed by atoms with Gasteiger partial charge in [-0.15, -0.1) is 12.4 Å². The van der Waals surface area contributed by atoms with E-state index in [1.165, 1.54) is 19.3 Å². The second-order valence-corrected chi connectivity index (χ2v) is 5.43. The molecule has 16 heavy (non-hydrogen) atoms. The van der Waals surface area contributed by atoms with Crippen molar-refractivity contribution >= 4 is 18.3 Å². The molecule has 0 saturated heterocycles. The van der Waals surface area contributed by atoms with Crippen LogP contribution in [-0.4, -0.2) is 30.9 Å². The molecular weight excluding hydrogens is 224 g/mol. The van der Waals surface area contributed by atoms with Crippen molar-refractivity contribution in [3.63, 3.8) is 0 Å². The fraction of sp³-hybridized carbons (Fsp3) is 0.917. The molecule has 4 heteroatoms. The van der Waals surface area contributed by atoms with Crippen LogP contribution in [0.4, 0.5) is 0 Å². The average Bonchev–Trinajstić information content (AvgIpc) is 2.16. The number of hydrogen-bond donors (Lipinski definition) is 1. The second-order valence-electron chi connectivity index (χ2n) is 5.43. The Labute approximate surface area is 104 Å². The van der Waals surface area contributed by atoms with Crippen molar-refractivity contribution in [1.82, 2.24) is 4.90 Å². The minimum Gasteiger partial charge on any atom is -0.349 e. The van der Waals surface area contributed by atoms with Crippen molar-refractivity contribution < 1.29 is 4.79 Å². The summed E-state index contributed by atoms with van der Waals surface area (Å²) in [5.74, 6) is 1.76. The van der Waals surface area contributed by atoms with E-state index in [0.717, 1.165) is 12.8 Å². The van der Waals surface area contributed by atoms with E-state index in [0.29, 0.717) is 23.8 Å². The average molecular weight is 247 g/mol. The number of amides is 1. The first kappa shape index (κ1) is 13.8. The Hall–Kier alpha value is -0.280. The van der Waals surface area contributed by atoms with E-state index in [9.17, 15) is 4.79 Å². The third kappa shape index (κ3) is 2.51. The van der Waals surface area contributed by atoms with E-state index < -0.39 is 0 Å². The highest BCUT2D eigenvalue weighted by Crippen LogP contribution is 2.42. The number of rotatable bonds is 1. The van der Waals surface area contributed by atoms with Gasteiger partial charge >= 0.3 is 0 Å². The third-order valence-corrected chi connectivity index (χ3v) is 4.20. The molecule has 2 saturated carbocycles. The first-order chi connectivity index (χ1) is 7.09. The summed E-state index contributed by atoms with van der Waals surface area (Å²) in [7, 11) is 3.71. The van der Waals surface area contributed by atoms with Gasteiger partial charge in [-0.05, 0) is 37.5 Å². The van der Waals surface area contributed by atoms with E-state index in [1.54, 1.807) is 4.90 Å². The largest absolute Gasteiger partial charge is 0.349 e. The fourth-order valence-electron chi connectivity index (χ4n) is 3.36. The lowest BCUT2D eigenvalue weighted by molar-refractivity contribution is -0.136. The van der Waals surface area contributed by atoms with Crippen LogP contribution in [0.25, 0.3) is 0 Å². The highest BCUT2D eigenvalue weighted by molar-refractivity contribution is 5.85. The summed E-state index contributed by atoms with van der Waals surface area (Å²) >= 11 is 0. The number of carbonyl (C=O) groups excluding carboxylic acids is 1. The molecule has 2 bridgehead atoms. The van der Waals surface area contributed by atoms with Gasteiger partial charge in [0.2, 0.25) is 5.91 Å². The Balaban J connectivity index is 0.00000128. The van der Waals surface area contributed by atoms with Crippen LogP contribution in [0.2, 0.25) is 0 Å². The van der Waals surface area contributed by atoms with Crippen LogP contribution in [0.1, 0.15) is 32.1 Å². The fourth-order valence-corrected chi connectivity index (χ4v) is 3.36. The lowest BCUT2D eigenvalue weighted by Crippen LogP contribution is -2.48. The van der Waals surface area contributed by atoms with E-state index in [2.05, 4.69) is 0 Å². The van der Waals surface area contributed by atoms with Crippen molar-refractivity contribution in [2.75, 3.05) is 14.1 Å². The number of fused-ring (bicyclic) bond motifs is 2. The topological polar surface area (TPSA) is 46.3 Å². The zero-order chi connectivity index (χ0) is 11.0. The van der Waals surface area contributed by atoms with Crippen molar-refractivity contribution in [3.05, 3.63) is 0 Å². The predicted octanol–water partition coefficient (Wildman–Crippen LogP) is 1.65. The number of nitrogens with zero attached hydrogens (tertiary/aromatic N) is 1. The first-order valence-corrected chi connectivity index (χ1v) is 6.06. The molecule has 0 radical (unpaired) electrons. The summed E-state index contributed by atoms with van der Waals surface area (Å²) < 4.78 is 0. The number of nitrogens with two attached hydrogens (primary N) is 1. The van der Waals surface area contributed by atoms with Gasteiger partial charge < -0.3 is 10.6 Å². The van der Waals surface area contributed by atoms with Gasteiger partial charge in [0.25, 0.3) is 0 Å². The summed E-state index contributed by atoms with van der Waals surface area (Å²) in [4.78, 5) is 13.7. The molecule has 2 rings (SSSR count). The zero-order valence-electron chi connectivity index (χ0n) is 10.2. The van der Waals surface area contributed by atoms with Crippen LogP contribution in [0.15, 0.2) is 0 Å². The van der Waals surface area contributed by atoms with Gasteiger partial charge in [-0.3, -0.25) is 4.79 Å². The van der Waals surface area contributed by atoms with Crippen LogP contribution in [0.3, 0.4) is 0 Å². The molecule has 0 aromatic rings. The molecule has 0 aliphatic heterocycles. The summed E-state index contributed by atoms with van der Waals surface area (Å²) in [6.07, 6.45) is 5.82. The summed E-state index contributed by atoms with van der Waals surface area (Å²) in [5.41, 5.74) is 6.20. The summed E-state index contributed by atoms with van der Waals surface area (Å²) in [5, 5.41) is 0. The van der Waals surface area contributed by atoms with Gasteiger partial charge in [-0.25, -0.2) is 0 Å². The molecular formula is C12H23ClN2O. The Morgan fingerprint density at radius 1 is 1.19 bits per heavy atom. The number of hydrogen-bond acceptors (Lipinski definition) is 2. The highest BCUT2D eigenvalue weighted by atomic mass is 35.5. The standard InChI is InChI=1S/C12H22N2O.ClH/c1-14(2)12(15)10-6-8-4-3-5-9(7-10)11(8)13;/h8-11H,3-7,13H2,1-2H3;1H. The maximum atomic E-state index is 11.9.